The number of carbonyl (C=O) groups excluding carboxylic acids is 2. The van der Waals surface area contributed by atoms with Crippen molar-refractivity contribution in [3.05, 3.63) is 102 Å². The van der Waals surface area contributed by atoms with Gasteiger partial charge in [0.1, 0.15) is 5.75 Å². The zero-order valence-corrected chi connectivity index (χ0v) is 19.3. The van der Waals surface area contributed by atoms with Crippen LogP contribution in [0.1, 0.15) is 47.2 Å². The van der Waals surface area contributed by atoms with Crippen molar-refractivity contribution in [2.45, 2.75) is 26.2 Å². The lowest BCUT2D eigenvalue weighted by Gasteiger charge is -2.21. The molecule has 0 aliphatic rings. The van der Waals surface area contributed by atoms with Gasteiger partial charge in [-0.25, -0.2) is 0 Å². The molecule has 3 aromatic carbocycles. The van der Waals surface area contributed by atoms with Crippen molar-refractivity contribution in [1.29, 1.82) is 0 Å². The summed E-state index contributed by atoms with van der Waals surface area (Å²) >= 11 is 0. The minimum Gasteiger partial charge on any atom is -0.508 e. The number of aromatic hydroxyl groups is 1. The monoisotopic (exact) mass is 454 g/mol. The predicted molar refractivity (Wildman–Crippen MR) is 131 cm³/mol. The number of furan rings is 1. The first-order valence-corrected chi connectivity index (χ1v) is 10.9. The number of hydrogen-bond donors (Lipinski definition) is 3. The minimum atomic E-state index is -0.579. The van der Waals surface area contributed by atoms with Gasteiger partial charge in [-0.2, -0.15) is 0 Å². The molecule has 0 unspecified atom stereocenters. The fourth-order valence-corrected chi connectivity index (χ4v) is 3.77. The van der Waals surface area contributed by atoms with Gasteiger partial charge in [-0.15, -0.1) is 0 Å². The van der Waals surface area contributed by atoms with Crippen LogP contribution < -0.4 is 10.9 Å². The molecule has 34 heavy (non-hydrogen) atoms. The number of nitrogens with one attached hydrogen (secondary N) is 2. The quantitative estimate of drug-likeness (QED) is 0.345. The summed E-state index contributed by atoms with van der Waals surface area (Å²) in [7, 11) is 0. The summed E-state index contributed by atoms with van der Waals surface area (Å²) in [5.41, 5.74) is 8.63. The maximum Gasteiger partial charge on any atom is 0.306 e. The number of carbonyl (C=O) groups is 2. The van der Waals surface area contributed by atoms with Gasteiger partial charge in [0.15, 0.2) is 0 Å². The van der Waals surface area contributed by atoms with Crippen LogP contribution in [0.4, 0.5) is 0 Å². The van der Waals surface area contributed by atoms with Crippen LogP contribution in [0.2, 0.25) is 0 Å². The number of benzene rings is 3. The Morgan fingerprint density at radius 2 is 1.38 bits per heavy atom. The molecule has 6 heteroatoms. The average molecular weight is 455 g/mol. The van der Waals surface area contributed by atoms with E-state index < -0.39 is 11.8 Å². The SMILES string of the molecule is CC(C)(C)c1cc(C(=O)NNC(=O)c2occ(-c3ccccc3)c2-c2ccccc2)ccc1O. The molecule has 3 N–H and O–H groups in total. The Bertz CT molecular complexity index is 1320. The maximum atomic E-state index is 13.0. The Hall–Kier alpha value is -4.32. The molecule has 4 aromatic rings. The van der Waals surface area contributed by atoms with Gasteiger partial charge in [-0.3, -0.25) is 20.4 Å². The molecule has 0 atom stereocenters. The van der Waals surface area contributed by atoms with Crippen molar-refractivity contribution in [2.24, 2.45) is 0 Å². The van der Waals surface area contributed by atoms with Gasteiger partial charge >= 0.3 is 5.91 Å². The van der Waals surface area contributed by atoms with Crippen LogP contribution in [0.3, 0.4) is 0 Å². The topological polar surface area (TPSA) is 91.6 Å². The van der Waals surface area contributed by atoms with Crippen molar-refractivity contribution >= 4 is 11.8 Å². The third-order valence-electron chi connectivity index (χ3n) is 5.50. The number of amides is 2. The molecule has 0 aliphatic heterocycles. The first kappa shape index (κ1) is 22.9. The number of hydrogen-bond acceptors (Lipinski definition) is 4. The number of rotatable bonds is 4. The highest BCUT2D eigenvalue weighted by atomic mass is 16.3. The second-order valence-corrected chi connectivity index (χ2v) is 8.98. The highest BCUT2D eigenvalue weighted by Gasteiger charge is 2.24. The van der Waals surface area contributed by atoms with E-state index in [0.717, 1.165) is 16.7 Å². The molecule has 172 valence electrons. The number of phenolic OH excluding ortho intramolecular Hbond substituents is 1. The smallest absolute Gasteiger partial charge is 0.306 e. The van der Waals surface area contributed by atoms with E-state index in [1.54, 1.807) is 12.3 Å². The molecular weight excluding hydrogens is 428 g/mol. The lowest BCUT2D eigenvalue weighted by molar-refractivity contribution is 0.0831. The molecule has 0 radical (unpaired) electrons. The fourth-order valence-electron chi connectivity index (χ4n) is 3.77. The molecule has 4 rings (SSSR count). The molecular formula is C28H26N2O4. The van der Waals surface area contributed by atoms with Crippen LogP contribution in [0, 0.1) is 0 Å². The van der Waals surface area contributed by atoms with Gasteiger partial charge in [-0.1, -0.05) is 81.4 Å². The van der Waals surface area contributed by atoms with E-state index >= 15 is 0 Å². The highest BCUT2D eigenvalue weighted by molar-refractivity contribution is 6.04. The summed E-state index contributed by atoms with van der Waals surface area (Å²) in [6.45, 7) is 5.83. The van der Waals surface area contributed by atoms with E-state index in [2.05, 4.69) is 10.9 Å². The van der Waals surface area contributed by atoms with Crippen molar-refractivity contribution in [2.75, 3.05) is 0 Å². The molecule has 0 fully saturated rings. The zero-order chi connectivity index (χ0) is 24.3. The standard InChI is InChI=1S/C28H26N2O4/c1-28(2,3)22-16-20(14-15-23(22)31)26(32)29-30-27(33)25-24(19-12-8-5-9-13-19)21(17-34-25)18-10-6-4-7-11-18/h4-17,31H,1-3H3,(H,29,32)(H,30,33). The summed E-state index contributed by atoms with van der Waals surface area (Å²) in [4.78, 5) is 25.8. The van der Waals surface area contributed by atoms with Gasteiger partial charge < -0.3 is 9.52 Å². The van der Waals surface area contributed by atoms with Gasteiger partial charge in [0.25, 0.3) is 5.91 Å². The van der Waals surface area contributed by atoms with Crippen LogP contribution in [0.15, 0.2) is 89.5 Å². The average Bonchev–Trinajstić information content (AvgIpc) is 3.28. The first-order chi connectivity index (χ1) is 16.3. The Morgan fingerprint density at radius 3 is 2.00 bits per heavy atom. The van der Waals surface area contributed by atoms with Crippen LogP contribution in [-0.4, -0.2) is 16.9 Å². The number of phenols is 1. The molecule has 0 aliphatic carbocycles. The van der Waals surface area contributed by atoms with Gasteiger partial charge in [-0.05, 0) is 34.7 Å². The Balaban J connectivity index is 1.60. The van der Waals surface area contributed by atoms with Gasteiger partial charge in [0.05, 0.1) is 6.26 Å². The third kappa shape index (κ3) is 4.71. The van der Waals surface area contributed by atoms with E-state index in [-0.39, 0.29) is 16.9 Å². The lowest BCUT2D eigenvalue weighted by atomic mass is 9.85. The summed E-state index contributed by atoms with van der Waals surface area (Å²) in [5, 5.41) is 10.1. The molecule has 0 spiro atoms. The summed E-state index contributed by atoms with van der Waals surface area (Å²) in [6, 6.07) is 23.7. The summed E-state index contributed by atoms with van der Waals surface area (Å²) < 4.78 is 5.69. The second-order valence-electron chi connectivity index (χ2n) is 8.98. The molecule has 0 bridgehead atoms. The van der Waals surface area contributed by atoms with E-state index in [0.29, 0.717) is 16.7 Å². The molecule has 2 amide bonds. The van der Waals surface area contributed by atoms with Crippen LogP contribution in [0.5, 0.6) is 5.75 Å². The minimum absolute atomic E-state index is 0.0893. The largest absolute Gasteiger partial charge is 0.508 e. The van der Waals surface area contributed by atoms with Gasteiger partial charge in [0.2, 0.25) is 5.76 Å². The van der Waals surface area contributed by atoms with Crippen LogP contribution in [0.25, 0.3) is 22.3 Å². The first-order valence-electron chi connectivity index (χ1n) is 10.9. The van der Waals surface area contributed by atoms with Crippen molar-refractivity contribution in [3.8, 4) is 28.0 Å². The summed E-state index contributed by atoms with van der Waals surface area (Å²) in [6.07, 6.45) is 1.55. The lowest BCUT2D eigenvalue weighted by Crippen LogP contribution is -2.41. The van der Waals surface area contributed by atoms with E-state index in [9.17, 15) is 14.7 Å². The van der Waals surface area contributed by atoms with Crippen molar-refractivity contribution in [3.63, 3.8) is 0 Å². The van der Waals surface area contributed by atoms with Crippen LogP contribution in [-0.2, 0) is 5.41 Å². The van der Waals surface area contributed by atoms with E-state index in [4.69, 9.17) is 4.42 Å². The van der Waals surface area contributed by atoms with Crippen molar-refractivity contribution < 1.29 is 19.1 Å². The third-order valence-corrected chi connectivity index (χ3v) is 5.50. The Labute approximate surface area is 198 Å². The molecule has 0 saturated carbocycles. The van der Waals surface area contributed by atoms with E-state index in [1.807, 2.05) is 81.4 Å². The zero-order valence-electron chi connectivity index (χ0n) is 19.3. The predicted octanol–water partition coefficient (Wildman–Crippen LogP) is 5.69. The molecule has 1 heterocycles. The van der Waals surface area contributed by atoms with Crippen LogP contribution >= 0.6 is 0 Å². The Morgan fingerprint density at radius 1 is 0.794 bits per heavy atom. The van der Waals surface area contributed by atoms with E-state index in [1.165, 1.54) is 12.1 Å². The highest BCUT2D eigenvalue weighted by Crippen LogP contribution is 2.36. The van der Waals surface area contributed by atoms with Gasteiger partial charge in [0, 0.05) is 22.3 Å². The molecule has 6 nitrogen and oxygen atoms in total. The fraction of sp³-hybridized carbons (Fsp3) is 0.143. The number of hydrazine groups is 1. The molecule has 0 saturated heterocycles. The second kappa shape index (κ2) is 9.27. The Kier molecular flexibility index (Phi) is 6.23. The summed E-state index contributed by atoms with van der Waals surface area (Å²) in [5.74, 6) is -0.879. The maximum absolute atomic E-state index is 13.0. The normalized spacial score (nSPS) is 11.1. The van der Waals surface area contributed by atoms with Crippen molar-refractivity contribution in [1.82, 2.24) is 10.9 Å². The molecule has 1 aromatic heterocycles.